The molecule has 3 aromatic rings. The number of aromatic nitrogens is 4. The fraction of sp³-hybridized carbons (Fsp3) is 0.222. The van der Waals surface area contributed by atoms with E-state index >= 15 is 0 Å². The molecule has 4 rings (SSSR count). The third-order valence-electron chi connectivity index (χ3n) is 4.52. The summed E-state index contributed by atoms with van der Waals surface area (Å²) in [4.78, 5) is 12.9. The second-order valence-electron chi connectivity index (χ2n) is 6.38. The first-order valence-corrected chi connectivity index (χ1v) is 10.3. The monoisotopic (exact) mass is 398 g/mol. The van der Waals surface area contributed by atoms with E-state index < -0.39 is 16.1 Å². The number of hydrogen-bond donors (Lipinski definition) is 1. The maximum Gasteiger partial charge on any atom is 0.253 e. The summed E-state index contributed by atoms with van der Waals surface area (Å²) in [5.41, 5.74) is 1.89. The van der Waals surface area contributed by atoms with Gasteiger partial charge in [-0.15, -0.1) is 5.10 Å². The average Bonchev–Trinajstić information content (AvgIpc) is 3.33. The maximum absolute atomic E-state index is 12.9. The van der Waals surface area contributed by atoms with Crippen LogP contribution < -0.4 is 9.62 Å². The predicted octanol–water partition coefficient (Wildman–Crippen LogP) is 1.44. The van der Waals surface area contributed by atoms with Crippen LogP contribution in [-0.2, 0) is 14.8 Å². The Balaban J connectivity index is 1.55. The summed E-state index contributed by atoms with van der Waals surface area (Å²) in [6.07, 6.45) is 2.00. The highest BCUT2D eigenvalue weighted by atomic mass is 32.2. The number of benzene rings is 2. The van der Waals surface area contributed by atoms with Gasteiger partial charge in [0.05, 0.1) is 11.4 Å². The molecule has 0 bridgehead atoms. The van der Waals surface area contributed by atoms with Gasteiger partial charge in [-0.3, -0.25) is 9.10 Å². The molecule has 1 saturated heterocycles. The van der Waals surface area contributed by atoms with Crippen LogP contribution in [0.3, 0.4) is 0 Å². The second kappa shape index (κ2) is 7.39. The molecule has 1 aromatic heterocycles. The van der Waals surface area contributed by atoms with Crippen LogP contribution in [0.2, 0.25) is 0 Å². The van der Waals surface area contributed by atoms with Crippen molar-refractivity contribution in [3.63, 3.8) is 0 Å². The van der Waals surface area contributed by atoms with E-state index in [1.807, 2.05) is 30.3 Å². The van der Waals surface area contributed by atoms with Crippen LogP contribution in [0.5, 0.6) is 0 Å². The highest BCUT2D eigenvalue weighted by Crippen LogP contribution is 2.26. The van der Waals surface area contributed by atoms with Crippen molar-refractivity contribution in [2.45, 2.75) is 12.5 Å². The lowest BCUT2D eigenvalue weighted by molar-refractivity contribution is -0.118. The van der Waals surface area contributed by atoms with Gasteiger partial charge in [-0.1, -0.05) is 30.3 Å². The zero-order valence-corrected chi connectivity index (χ0v) is 15.7. The Kier molecular flexibility index (Phi) is 4.78. The number of rotatable bonds is 5. The molecule has 1 N–H and O–H groups in total. The molecule has 9 nitrogen and oxygen atoms in total. The van der Waals surface area contributed by atoms with E-state index in [2.05, 4.69) is 20.8 Å². The molecule has 1 aliphatic heterocycles. The molecule has 1 atom stereocenters. The molecular formula is C18H18N6O3S. The Bertz CT molecular complexity index is 1050. The molecule has 0 spiro atoms. The Morgan fingerprint density at radius 1 is 1.07 bits per heavy atom. The van der Waals surface area contributed by atoms with Crippen molar-refractivity contribution in [1.29, 1.82) is 0 Å². The highest BCUT2D eigenvalue weighted by molar-refractivity contribution is 7.93. The minimum atomic E-state index is -3.23. The molecule has 0 unspecified atom stereocenters. The summed E-state index contributed by atoms with van der Waals surface area (Å²) in [6, 6.07) is 15.2. The quantitative estimate of drug-likeness (QED) is 0.696. The summed E-state index contributed by atoms with van der Waals surface area (Å²) in [7, 11) is -3.23. The van der Waals surface area contributed by atoms with Crippen molar-refractivity contribution < 1.29 is 13.2 Å². The number of nitrogens with one attached hydrogen (secondary N) is 1. The topological polar surface area (TPSA) is 110 Å². The third-order valence-corrected chi connectivity index (χ3v) is 6.38. The lowest BCUT2D eigenvalue weighted by atomic mass is 10.1. The number of sulfonamides is 1. The maximum atomic E-state index is 12.9. The number of carbonyl (C=O) groups is 1. The SMILES string of the molecule is O=C(Nc1ccc(N2CCCS2(=O)=O)cc1)[C@H](c1ccccc1)n1cnnn1. The molecule has 10 heteroatoms. The molecule has 2 aromatic carbocycles. The van der Waals surface area contributed by atoms with Gasteiger partial charge in [-0.05, 0) is 46.7 Å². The lowest BCUT2D eigenvalue weighted by Gasteiger charge is -2.19. The zero-order chi connectivity index (χ0) is 19.6. The van der Waals surface area contributed by atoms with Crippen molar-refractivity contribution in [2.75, 3.05) is 21.9 Å². The van der Waals surface area contributed by atoms with Crippen molar-refractivity contribution >= 4 is 27.3 Å². The van der Waals surface area contributed by atoms with E-state index in [9.17, 15) is 13.2 Å². The summed E-state index contributed by atoms with van der Waals surface area (Å²) in [5, 5.41) is 13.9. The first-order chi connectivity index (χ1) is 13.5. The largest absolute Gasteiger partial charge is 0.324 e. The van der Waals surface area contributed by atoms with Crippen molar-refractivity contribution in [3.05, 3.63) is 66.5 Å². The van der Waals surface area contributed by atoms with E-state index in [0.29, 0.717) is 24.3 Å². The van der Waals surface area contributed by atoms with Crippen LogP contribution >= 0.6 is 0 Å². The smallest absolute Gasteiger partial charge is 0.253 e. The van der Waals surface area contributed by atoms with Crippen molar-refractivity contribution in [3.8, 4) is 0 Å². The van der Waals surface area contributed by atoms with Gasteiger partial charge in [-0.25, -0.2) is 13.1 Å². The Morgan fingerprint density at radius 2 is 1.82 bits per heavy atom. The predicted molar refractivity (Wildman–Crippen MR) is 103 cm³/mol. The fourth-order valence-corrected chi connectivity index (χ4v) is 4.76. The van der Waals surface area contributed by atoms with Gasteiger partial charge in [0, 0.05) is 12.2 Å². The van der Waals surface area contributed by atoms with Crippen LogP contribution in [-0.4, -0.2) is 46.8 Å². The summed E-state index contributed by atoms with van der Waals surface area (Å²) in [6.45, 7) is 0.476. The minimum absolute atomic E-state index is 0.163. The van der Waals surface area contributed by atoms with E-state index in [1.54, 1.807) is 24.3 Å². The summed E-state index contributed by atoms with van der Waals surface area (Å²) >= 11 is 0. The summed E-state index contributed by atoms with van der Waals surface area (Å²) < 4.78 is 26.9. The van der Waals surface area contributed by atoms with E-state index in [1.165, 1.54) is 15.3 Å². The number of tetrazole rings is 1. The molecule has 0 saturated carbocycles. The van der Waals surface area contributed by atoms with Crippen molar-refractivity contribution in [2.24, 2.45) is 0 Å². The second-order valence-corrected chi connectivity index (χ2v) is 8.39. The van der Waals surface area contributed by atoms with Gasteiger partial charge >= 0.3 is 0 Å². The third kappa shape index (κ3) is 3.58. The Labute approximate surface area is 162 Å². The molecule has 1 amide bonds. The van der Waals surface area contributed by atoms with Crippen molar-refractivity contribution in [1.82, 2.24) is 20.2 Å². The number of hydrogen-bond acceptors (Lipinski definition) is 6. The van der Waals surface area contributed by atoms with Crippen LogP contribution in [0, 0.1) is 0 Å². The zero-order valence-electron chi connectivity index (χ0n) is 14.8. The van der Waals surface area contributed by atoms with Crippen LogP contribution in [0.15, 0.2) is 60.9 Å². The molecule has 1 fully saturated rings. The Hall–Kier alpha value is -3.27. The summed E-state index contributed by atoms with van der Waals surface area (Å²) in [5.74, 6) is -0.143. The lowest BCUT2D eigenvalue weighted by Crippen LogP contribution is -2.28. The molecule has 28 heavy (non-hydrogen) atoms. The van der Waals surface area contributed by atoms with Crippen LogP contribution in [0.1, 0.15) is 18.0 Å². The minimum Gasteiger partial charge on any atom is -0.324 e. The molecule has 1 aliphatic rings. The Morgan fingerprint density at radius 3 is 2.43 bits per heavy atom. The molecular weight excluding hydrogens is 380 g/mol. The highest BCUT2D eigenvalue weighted by Gasteiger charge is 2.28. The standard InChI is InChI=1S/C18H18N6O3S/c25-18(17(23-13-19-21-22-23)14-5-2-1-3-6-14)20-15-7-9-16(10-8-15)24-11-4-12-28(24,26)27/h1-3,5-10,13,17H,4,11-12H2,(H,20,25)/t17-/m0/s1. The number of anilines is 2. The van der Waals surface area contributed by atoms with Gasteiger partial charge in [0.2, 0.25) is 10.0 Å². The first-order valence-electron chi connectivity index (χ1n) is 8.73. The fourth-order valence-electron chi connectivity index (χ4n) is 3.20. The molecule has 144 valence electrons. The van der Waals surface area contributed by atoms with Gasteiger partial charge in [-0.2, -0.15) is 0 Å². The van der Waals surface area contributed by atoms with Crippen LogP contribution in [0.4, 0.5) is 11.4 Å². The normalized spacial score (nSPS) is 16.6. The number of nitrogens with zero attached hydrogens (tertiary/aromatic N) is 5. The molecule has 2 heterocycles. The average molecular weight is 398 g/mol. The number of carbonyl (C=O) groups excluding carboxylic acids is 1. The first kappa shape index (κ1) is 18.1. The van der Waals surface area contributed by atoms with E-state index in [0.717, 1.165) is 5.56 Å². The van der Waals surface area contributed by atoms with Gasteiger partial charge in [0.1, 0.15) is 6.33 Å². The van der Waals surface area contributed by atoms with E-state index in [-0.39, 0.29) is 11.7 Å². The van der Waals surface area contributed by atoms with E-state index in [4.69, 9.17) is 0 Å². The van der Waals surface area contributed by atoms with Gasteiger partial charge in [0.25, 0.3) is 5.91 Å². The van der Waals surface area contributed by atoms with Crippen LogP contribution in [0.25, 0.3) is 0 Å². The van der Waals surface area contributed by atoms with Gasteiger partial charge < -0.3 is 5.32 Å². The molecule has 0 aliphatic carbocycles. The number of amides is 1. The van der Waals surface area contributed by atoms with Gasteiger partial charge in [0.15, 0.2) is 6.04 Å². The molecule has 0 radical (unpaired) electrons.